The lowest BCUT2D eigenvalue weighted by atomic mass is 9.83. The number of nitrogens with one attached hydrogen (secondary N) is 1. The van der Waals surface area contributed by atoms with E-state index >= 15 is 0 Å². The molecular weight excluding hydrogens is 445 g/mol. The van der Waals surface area contributed by atoms with Crippen molar-refractivity contribution in [3.63, 3.8) is 0 Å². The van der Waals surface area contributed by atoms with Crippen LogP contribution < -0.4 is 19.5 Å². The molecule has 0 amide bonds. The minimum absolute atomic E-state index is 0.00890. The summed E-state index contributed by atoms with van der Waals surface area (Å²) in [4.78, 5) is 0. The van der Waals surface area contributed by atoms with Crippen molar-refractivity contribution in [3.05, 3.63) is 71.3 Å². The maximum absolute atomic E-state index is 12.6. The van der Waals surface area contributed by atoms with Gasteiger partial charge >= 0.3 is 0 Å². The molecule has 3 aromatic rings. The van der Waals surface area contributed by atoms with Crippen molar-refractivity contribution in [2.24, 2.45) is 0 Å². The summed E-state index contributed by atoms with van der Waals surface area (Å²) in [6.07, 6.45) is 4.16. The van der Waals surface area contributed by atoms with Gasteiger partial charge in [-0.15, -0.1) is 0 Å². The molecule has 180 valence electrons. The van der Waals surface area contributed by atoms with E-state index in [4.69, 9.17) is 14.2 Å². The van der Waals surface area contributed by atoms with Gasteiger partial charge in [-0.1, -0.05) is 24.3 Å². The molecule has 5 nitrogen and oxygen atoms in total. The van der Waals surface area contributed by atoms with Crippen LogP contribution in [0.15, 0.2) is 54.6 Å². The summed E-state index contributed by atoms with van der Waals surface area (Å²) in [5.74, 6) is 2.27. The summed E-state index contributed by atoms with van der Waals surface area (Å²) in [7, 11) is 1.54. The summed E-state index contributed by atoms with van der Waals surface area (Å²) < 4.78 is 30.1. The Kier molecular flexibility index (Phi) is 5.67. The van der Waals surface area contributed by atoms with Crippen LogP contribution in [0.5, 0.6) is 23.0 Å². The van der Waals surface area contributed by atoms with Crippen LogP contribution in [0, 0.1) is 0 Å². The number of alkyl halides is 1. The fourth-order valence-electron chi connectivity index (χ4n) is 4.95. The van der Waals surface area contributed by atoms with Crippen LogP contribution in [0.1, 0.15) is 37.5 Å². The van der Waals surface area contributed by atoms with E-state index in [1.807, 2.05) is 30.3 Å². The lowest BCUT2D eigenvalue weighted by Crippen LogP contribution is -2.32. The summed E-state index contributed by atoms with van der Waals surface area (Å²) in [6.45, 7) is 5.82. The lowest BCUT2D eigenvalue weighted by Gasteiger charge is -2.35. The topological polar surface area (TPSA) is 60.0 Å². The van der Waals surface area contributed by atoms with Crippen molar-refractivity contribution in [2.45, 2.75) is 26.3 Å². The second kappa shape index (κ2) is 8.69. The third-order valence-electron chi connectivity index (χ3n) is 6.17. The third kappa shape index (κ3) is 4.09. The second-order valence-electron chi connectivity index (χ2n) is 9.30. The standard InChI is InChI=1S/C29H28FNO4/c1-17-16-29(2,3)31-21-9-8-20-26(25(17)21)24(15-18-6-5-7-19(14-18)34-13-12-30)35-23-11-10-22(32)28(33-4)27(20)23/h5-11,14-16,31-32H,12-13H2,1-4H3/b24-15-. The Balaban J connectivity index is 1.75. The largest absolute Gasteiger partial charge is 0.504 e. The first-order chi connectivity index (χ1) is 16.8. The number of ether oxygens (including phenoxy) is 3. The first-order valence-electron chi connectivity index (χ1n) is 11.6. The molecule has 3 aromatic carbocycles. The molecule has 0 unspecified atom stereocenters. The van der Waals surface area contributed by atoms with E-state index < -0.39 is 6.67 Å². The van der Waals surface area contributed by atoms with Gasteiger partial charge in [0.1, 0.15) is 30.5 Å². The van der Waals surface area contributed by atoms with E-state index in [0.717, 1.165) is 33.5 Å². The number of methoxy groups -OCH3 is 1. The Hall–Kier alpha value is -3.93. The molecule has 2 N–H and O–H groups in total. The van der Waals surface area contributed by atoms with Gasteiger partial charge in [0.05, 0.1) is 18.2 Å². The maximum atomic E-state index is 12.6. The number of hydrogen-bond acceptors (Lipinski definition) is 5. The number of halogens is 1. The summed E-state index contributed by atoms with van der Waals surface area (Å²) in [5, 5.41) is 14.1. The molecule has 2 aliphatic rings. The van der Waals surface area contributed by atoms with Crippen LogP contribution in [-0.2, 0) is 0 Å². The highest BCUT2D eigenvalue weighted by atomic mass is 19.1. The molecule has 35 heavy (non-hydrogen) atoms. The number of hydrogen-bond donors (Lipinski definition) is 2. The Morgan fingerprint density at radius 2 is 1.91 bits per heavy atom. The average molecular weight is 474 g/mol. The van der Waals surface area contributed by atoms with Crippen LogP contribution in [-0.4, -0.2) is 31.0 Å². The molecule has 0 spiro atoms. The van der Waals surface area contributed by atoms with E-state index in [1.54, 1.807) is 18.2 Å². The highest BCUT2D eigenvalue weighted by Crippen LogP contribution is 2.54. The Labute approximate surface area is 204 Å². The van der Waals surface area contributed by atoms with Crippen LogP contribution in [0.25, 0.3) is 28.5 Å². The van der Waals surface area contributed by atoms with E-state index in [-0.39, 0.29) is 17.9 Å². The molecule has 0 bridgehead atoms. The van der Waals surface area contributed by atoms with Crippen molar-refractivity contribution in [1.29, 1.82) is 0 Å². The maximum Gasteiger partial charge on any atom is 0.172 e. The van der Waals surface area contributed by atoms with Gasteiger partial charge in [0.2, 0.25) is 0 Å². The monoisotopic (exact) mass is 473 g/mol. The molecule has 0 aliphatic carbocycles. The van der Waals surface area contributed by atoms with Crippen molar-refractivity contribution in [3.8, 4) is 34.1 Å². The predicted octanol–water partition coefficient (Wildman–Crippen LogP) is 6.91. The van der Waals surface area contributed by atoms with Crippen LogP contribution in [0.3, 0.4) is 0 Å². The number of aromatic hydroxyl groups is 1. The number of allylic oxidation sites excluding steroid dienone is 1. The normalized spacial score (nSPS) is 16.3. The quantitative estimate of drug-likeness (QED) is 0.421. The van der Waals surface area contributed by atoms with Gasteiger partial charge in [-0.3, -0.25) is 0 Å². The molecule has 0 radical (unpaired) electrons. The Morgan fingerprint density at radius 3 is 2.69 bits per heavy atom. The first-order valence-corrected chi connectivity index (χ1v) is 11.6. The minimum atomic E-state index is -0.547. The number of fused-ring (bicyclic) bond motifs is 5. The molecule has 2 heterocycles. The van der Waals surface area contributed by atoms with Gasteiger partial charge in [-0.25, -0.2) is 4.39 Å². The smallest absolute Gasteiger partial charge is 0.172 e. The highest BCUT2D eigenvalue weighted by molar-refractivity contribution is 6.02. The van der Waals surface area contributed by atoms with E-state index in [0.29, 0.717) is 28.6 Å². The van der Waals surface area contributed by atoms with E-state index in [9.17, 15) is 9.50 Å². The Morgan fingerprint density at radius 1 is 1.09 bits per heavy atom. The fraction of sp³-hybridized carbons (Fsp3) is 0.241. The highest BCUT2D eigenvalue weighted by Gasteiger charge is 2.33. The van der Waals surface area contributed by atoms with E-state index in [1.165, 1.54) is 7.11 Å². The van der Waals surface area contributed by atoms with Crippen LogP contribution in [0.2, 0.25) is 0 Å². The van der Waals surface area contributed by atoms with Crippen molar-refractivity contribution >= 4 is 23.1 Å². The number of rotatable bonds is 5. The fourth-order valence-corrected chi connectivity index (χ4v) is 4.95. The molecule has 0 aromatic heterocycles. The van der Waals surface area contributed by atoms with Gasteiger partial charge in [-0.05, 0) is 68.3 Å². The van der Waals surface area contributed by atoms with Gasteiger partial charge < -0.3 is 24.6 Å². The lowest BCUT2D eigenvalue weighted by molar-refractivity contribution is 0.273. The van der Waals surface area contributed by atoms with Gasteiger partial charge in [0, 0.05) is 22.4 Å². The number of anilines is 1. The minimum Gasteiger partial charge on any atom is -0.504 e. The predicted molar refractivity (Wildman–Crippen MR) is 138 cm³/mol. The average Bonchev–Trinajstić information content (AvgIpc) is 2.82. The molecule has 6 heteroatoms. The number of benzene rings is 3. The van der Waals surface area contributed by atoms with Crippen LogP contribution in [0.4, 0.5) is 10.1 Å². The van der Waals surface area contributed by atoms with Crippen LogP contribution >= 0.6 is 0 Å². The molecular formula is C29H28FNO4. The summed E-state index contributed by atoms with van der Waals surface area (Å²) in [6, 6.07) is 14.9. The SMILES string of the molecule is COc1c(O)ccc2c1-c1ccc3c(c1/C(=C/c1cccc(OCCF)c1)O2)C(C)=CC(C)(C)N3. The second-order valence-corrected chi connectivity index (χ2v) is 9.30. The van der Waals surface area contributed by atoms with Gasteiger partial charge in [0.15, 0.2) is 11.5 Å². The molecule has 0 saturated carbocycles. The van der Waals surface area contributed by atoms with Crippen molar-refractivity contribution in [2.75, 3.05) is 25.7 Å². The zero-order chi connectivity index (χ0) is 24.7. The summed E-state index contributed by atoms with van der Waals surface area (Å²) in [5.41, 5.74) is 6.35. The van der Waals surface area contributed by atoms with Crippen molar-refractivity contribution in [1.82, 2.24) is 0 Å². The third-order valence-corrected chi connectivity index (χ3v) is 6.17. The number of phenols is 1. The molecule has 5 rings (SSSR count). The molecule has 0 fully saturated rings. The first kappa shape index (κ1) is 22.8. The van der Waals surface area contributed by atoms with Gasteiger partial charge in [0.25, 0.3) is 0 Å². The molecule has 0 saturated heterocycles. The zero-order valence-corrected chi connectivity index (χ0v) is 20.2. The van der Waals surface area contributed by atoms with E-state index in [2.05, 4.69) is 38.2 Å². The zero-order valence-electron chi connectivity index (χ0n) is 20.2. The molecule has 0 atom stereocenters. The Bertz CT molecular complexity index is 1370. The van der Waals surface area contributed by atoms with Gasteiger partial charge in [-0.2, -0.15) is 0 Å². The molecule has 2 aliphatic heterocycles. The number of phenolic OH excluding ortho intramolecular Hbond substituents is 1. The van der Waals surface area contributed by atoms with Crippen molar-refractivity contribution < 1.29 is 23.7 Å². The summed E-state index contributed by atoms with van der Waals surface area (Å²) >= 11 is 0.